The zero-order valence-corrected chi connectivity index (χ0v) is 14.4. The number of rotatable bonds is 4. The van der Waals surface area contributed by atoms with Crippen molar-refractivity contribution in [1.82, 2.24) is 20.2 Å². The van der Waals surface area contributed by atoms with E-state index in [2.05, 4.69) is 15.3 Å². The first kappa shape index (κ1) is 16.9. The second kappa shape index (κ2) is 7.73. The highest BCUT2D eigenvalue weighted by Gasteiger charge is 2.25. The molecule has 1 fully saturated rings. The predicted molar refractivity (Wildman–Crippen MR) is 90.6 cm³/mol. The molecule has 0 spiro atoms. The fourth-order valence-electron chi connectivity index (χ4n) is 3.62. The molecule has 1 aliphatic heterocycles. The zero-order chi connectivity index (χ0) is 16.9. The molecule has 130 valence electrons. The van der Waals surface area contributed by atoms with Gasteiger partial charge in [-0.15, -0.1) is 0 Å². The van der Waals surface area contributed by atoms with Crippen molar-refractivity contribution in [3.63, 3.8) is 0 Å². The quantitative estimate of drug-likeness (QED) is 0.914. The molecule has 1 saturated carbocycles. The van der Waals surface area contributed by atoms with Gasteiger partial charge in [0, 0.05) is 19.3 Å². The molecule has 0 aromatic carbocycles. The SMILES string of the molecule is Cc1ncc2c(n1)CCCN(CC(=O)NCC1CCCCC1)C2=O. The average Bonchev–Trinajstić information content (AvgIpc) is 2.73. The largest absolute Gasteiger partial charge is 0.354 e. The maximum atomic E-state index is 12.7. The third-order valence-electron chi connectivity index (χ3n) is 4.99. The van der Waals surface area contributed by atoms with Gasteiger partial charge in [-0.3, -0.25) is 9.59 Å². The summed E-state index contributed by atoms with van der Waals surface area (Å²) in [5.41, 5.74) is 1.34. The van der Waals surface area contributed by atoms with Crippen molar-refractivity contribution in [2.24, 2.45) is 5.92 Å². The summed E-state index contributed by atoms with van der Waals surface area (Å²) in [5.74, 6) is 1.08. The van der Waals surface area contributed by atoms with E-state index >= 15 is 0 Å². The summed E-state index contributed by atoms with van der Waals surface area (Å²) in [6.45, 7) is 3.27. The molecule has 24 heavy (non-hydrogen) atoms. The number of carbonyl (C=O) groups excluding carboxylic acids is 2. The fraction of sp³-hybridized carbons (Fsp3) is 0.667. The number of aromatic nitrogens is 2. The lowest BCUT2D eigenvalue weighted by atomic mass is 9.89. The first-order valence-corrected chi connectivity index (χ1v) is 9.02. The summed E-state index contributed by atoms with van der Waals surface area (Å²) in [7, 11) is 0. The number of hydrogen-bond acceptors (Lipinski definition) is 4. The molecule has 0 bridgehead atoms. The van der Waals surface area contributed by atoms with Crippen LogP contribution in [0.1, 0.15) is 60.4 Å². The summed E-state index contributed by atoms with van der Waals surface area (Å²) in [5, 5.41) is 3.01. The van der Waals surface area contributed by atoms with Crippen molar-refractivity contribution in [2.45, 2.75) is 51.9 Å². The Hall–Kier alpha value is -1.98. The van der Waals surface area contributed by atoms with Crippen LogP contribution in [0.4, 0.5) is 0 Å². The normalized spacial score (nSPS) is 18.9. The summed E-state index contributed by atoms with van der Waals surface area (Å²) in [6, 6.07) is 0. The minimum absolute atomic E-state index is 0.0644. The predicted octanol–water partition coefficient (Wildman–Crippen LogP) is 1.87. The van der Waals surface area contributed by atoms with Crippen LogP contribution in [0, 0.1) is 12.8 Å². The number of fused-ring (bicyclic) bond motifs is 1. The average molecular weight is 330 g/mol. The lowest BCUT2D eigenvalue weighted by Gasteiger charge is -2.23. The van der Waals surface area contributed by atoms with Gasteiger partial charge in [0.2, 0.25) is 5.91 Å². The van der Waals surface area contributed by atoms with E-state index < -0.39 is 0 Å². The Balaban J connectivity index is 1.57. The molecule has 0 radical (unpaired) electrons. The molecular weight excluding hydrogens is 304 g/mol. The molecule has 2 amide bonds. The first-order valence-electron chi connectivity index (χ1n) is 9.02. The number of carbonyl (C=O) groups is 2. The minimum atomic E-state index is -0.129. The van der Waals surface area contributed by atoms with Gasteiger partial charge in [-0.05, 0) is 38.5 Å². The highest BCUT2D eigenvalue weighted by atomic mass is 16.2. The molecule has 6 heteroatoms. The van der Waals surface area contributed by atoms with Gasteiger partial charge in [-0.2, -0.15) is 0 Å². The Morgan fingerprint density at radius 2 is 2.08 bits per heavy atom. The van der Waals surface area contributed by atoms with Crippen LogP contribution < -0.4 is 5.32 Å². The maximum Gasteiger partial charge on any atom is 0.257 e. The number of hydrogen-bond donors (Lipinski definition) is 1. The van der Waals surface area contributed by atoms with E-state index in [4.69, 9.17) is 0 Å². The van der Waals surface area contributed by atoms with Crippen molar-refractivity contribution >= 4 is 11.8 Å². The molecule has 2 aliphatic rings. The number of nitrogens with one attached hydrogen (secondary N) is 1. The van der Waals surface area contributed by atoms with Crippen LogP contribution >= 0.6 is 0 Å². The van der Waals surface area contributed by atoms with Crippen molar-refractivity contribution < 1.29 is 9.59 Å². The summed E-state index contributed by atoms with van der Waals surface area (Å²) < 4.78 is 0. The third kappa shape index (κ3) is 4.10. The Labute approximate surface area is 143 Å². The van der Waals surface area contributed by atoms with Crippen LogP contribution in [0.15, 0.2) is 6.20 Å². The zero-order valence-electron chi connectivity index (χ0n) is 14.4. The van der Waals surface area contributed by atoms with E-state index in [0.717, 1.165) is 25.1 Å². The molecule has 1 aromatic rings. The van der Waals surface area contributed by atoms with Crippen molar-refractivity contribution in [1.29, 1.82) is 0 Å². The van der Waals surface area contributed by atoms with Crippen molar-refractivity contribution in [3.05, 3.63) is 23.3 Å². The number of nitrogens with zero attached hydrogens (tertiary/aromatic N) is 3. The molecule has 0 atom stereocenters. The van der Waals surface area contributed by atoms with Gasteiger partial charge < -0.3 is 10.2 Å². The van der Waals surface area contributed by atoms with Gasteiger partial charge in [0.05, 0.1) is 17.8 Å². The lowest BCUT2D eigenvalue weighted by molar-refractivity contribution is -0.122. The van der Waals surface area contributed by atoms with Gasteiger partial charge in [-0.25, -0.2) is 9.97 Å². The number of aryl methyl sites for hydroxylation is 2. The van der Waals surface area contributed by atoms with Crippen LogP contribution in [0.3, 0.4) is 0 Å². The van der Waals surface area contributed by atoms with Gasteiger partial charge in [0.1, 0.15) is 5.82 Å². The highest BCUT2D eigenvalue weighted by molar-refractivity contribution is 5.97. The standard InChI is InChI=1S/C18H26N4O2/c1-13-19-11-15-16(21-13)8-5-9-22(18(15)24)12-17(23)20-10-14-6-3-2-4-7-14/h11,14H,2-10,12H2,1H3,(H,20,23). The van der Waals surface area contributed by atoms with E-state index in [-0.39, 0.29) is 18.4 Å². The Bertz CT molecular complexity index is 611. The van der Waals surface area contributed by atoms with Crippen LogP contribution in [0.25, 0.3) is 0 Å². The van der Waals surface area contributed by atoms with E-state index in [1.807, 2.05) is 6.92 Å². The summed E-state index contributed by atoms with van der Waals surface area (Å²) >= 11 is 0. The summed E-state index contributed by atoms with van der Waals surface area (Å²) in [4.78, 5) is 35.0. The van der Waals surface area contributed by atoms with Crippen molar-refractivity contribution in [2.75, 3.05) is 19.6 Å². The smallest absolute Gasteiger partial charge is 0.257 e. The Kier molecular flexibility index (Phi) is 5.43. The van der Waals surface area contributed by atoms with Crippen LogP contribution in [0.2, 0.25) is 0 Å². The third-order valence-corrected chi connectivity index (χ3v) is 4.99. The lowest BCUT2D eigenvalue weighted by Crippen LogP contribution is -2.42. The summed E-state index contributed by atoms with van der Waals surface area (Å²) in [6.07, 6.45) is 9.42. The second-order valence-corrected chi connectivity index (χ2v) is 6.92. The van der Waals surface area contributed by atoms with E-state index in [0.29, 0.717) is 23.9 Å². The maximum absolute atomic E-state index is 12.7. The fourth-order valence-corrected chi connectivity index (χ4v) is 3.62. The van der Waals surface area contributed by atoms with Crippen LogP contribution in [0.5, 0.6) is 0 Å². The van der Waals surface area contributed by atoms with Gasteiger partial charge in [0.15, 0.2) is 0 Å². The molecule has 1 N–H and O–H groups in total. The molecule has 1 aromatic heterocycles. The van der Waals surface area contributed by atoms with Gasteiger partial charge >= 0.3 is 0 Å². The first-order chi connectivity index (χ1) is 11.6. The van der Waals surface area contributed by atoms with Crippen molar-refractivity contribution in [3.8, 4) is 0 Å². The molecule has 0 unspecified atom stereocenters. The monoisotopic (exact) mass is 330 g/mol. The molecule has 6 nitrogen and oxygen atoms in total. The van der Waals surface area contributed by atoms with E-state index in [1.165, 1.54) is 32.1 Å². The minimum Gasteiger partial charge on any atom is -0.354 e. The number of amides is 2. The Morgan fingerprint density at radius 3 is 2.88 bits per heavy atom. The topological polar surface area (TPSA) is 75.2 Å². The molecular formula is C18H26N4O2. The molecule has 2 heterocycles. The highest BCUT2D eigenvalue weighted by Crippen LogP contribution is 2.22. The van der Waals surface area contributed by atoms with E-state index in [9.17, 15) is 9.59 Å². The molecule has 0 saturated heterocycles. The van der Waals surface area contributed by atoms with E-state index in [1.54, 1.807) is 11.1 Å². The molecule has 3 rings (SSSR count). The van der Waals surface area contributed by atoms with Crippen LogP contribution in [-0.4, -0.2) is 46.3 Å². The Morgan fingerprint density at radius 1 is 1.29 bits per heavy atom. The van der Waals surface area contributed by atoms with Gasteiger partial charge in [-0.1, -0.05) is 19.3 Å². The van der Waals surface area contributed by atoms with Gasteiger partial charge in [0.25, 0.3) is 5.91 Å². The second-order valence-electron chi connectivity index (χ2n) is 6.92. The van der Waals surface area contributed by atoms with Crippen LogP contribution in [-0.2, 0) is 11.2 Å². The molecule has 1 aliphatic carbocycles.